The molecule has 0 radical (unpaired) electrons. The van der Waals surface area contributed by atoms with Crippen molar-refractivity contribution in [2.24, 2.45) is 5.73 Å². The lowest BCUT2D eigenvalue weighted by Gasteiger charge is -2.35. The first-order valence-electron chi connectivity index (χ1n) is 8.75. The van der Waals surface area contributed by atoms with E-state index in [0.717, 1.165) is 25.7 Å². The minimum atomic E-state index is -0.115. The Labute approximate surface area is 171 Å². The van der Waals surface area contributed by atoms with Crippen molar-refractivity contribution in [3.05, 3.63) is 33.8 Å². The van der Waals surface area contributed by atoms with Gasteiger partial charge in [0.25, 0.3) is 5.91 Å². The summed E-state index contributed by atoms with van der Waals surface area (Å²) >= 11 is 12.0. The second-order valence-electron chi connectivity index (χ2n) is 6.25. The van der Waals surface area contributed by atoms with Crippen LogP contribution >= 0.6 is 35.6 Å². The molecule has 1 aromatic rings. The molecule has 26 heavy (non-hydrogen) atoms. The molecule has 2 amide bonds. The number of nitrogens with zero attached hydrogens (tertiary/aromatic N) is 2. The van der Waals surface area contributed by atoms with Crippen molar-refractivity contribution < 1.29 is 9.59 Å². The van der Waals surface area contributed by atoms with E-state index in [1.54, 1.807) is 23.1 Å². The van der Waals surface area contributed by atoms with Crippen molar-refractivity contribution in [1.82, 2.24) is 9.80 Å². The van der Waals surface area contributed by atoms with Gasteiger partial charge in [0.05, 0.1) is 10.6 Å². The zero-order chi connectivity index (χ0) is 18.2. The molecule has 1 heterocycles. The van der Waals surface area contributed by atoms with Crippen molar-refractivity contribution in [2.75, 3.05) is 32.7 Å². The van der Waals surface area contributed by atoms with Crippen LogP contribution in [0.25, 0.3) is 0 Å². The number of benzene rings is 1. The zero-order valence-electron chi connectivity index (χ0n) is 14.8. The predicted molar refractivity (Wildman–Crippen MR) is 108 cm³/mol. The molecular formula is C18H26Cl3N3O2. The van der Waals surface area contributed by atoms with Crippen LogP contribution in [0, 0.1) is 0 Å². The van der Waals surface area contributed by atoms with Crippen LogP contribution in [-0.4, -0.2) is 54.3 Å². The quantitative estimate of drug-likeness (QED) is 0.683. The van der Waals surface area contributed by atoms with Gasteiger partial charge in [-0.2, -0.15) is 0 Å². The van der Waals surface area contributed by atoms with Crippen LogP contribution in [-0.2, 0) is 4.79 Å². The summed E-state index contributed by atoms with van der Waals surface area (Å²) in [5, 5.41) is 0.858. The molecule has 1 aliphatic heterocycles. The average molecular weight is 423 g/mol. The van der Waals surface area contributed by atoms with E-state index in [0.29, 0.717) is 54.8 Å². The zero-order valence-corrected chi connectivity index (χ0v) is 17.1. The largest absolute Gasteiger partial charge is 0.339 e. The molecule has 0 unspecified atom stereocenters. The highest BCUT2D eigenvalue weighted by Crippen LogP contribution is 2.23. The number of hydrogen-bond donors (Lipinski definition) is 1. The third-order valence-corrected chi connectivity index (χ3v) is 4.97. The standard InChI is InChI=1S/C18H25Cl2N3O2.ClH/c19-14-6-7-15(16(20)13-14)18(25)23-11-9-22(10-12-23)17(24)5-3-1-2-4-8-21;/h6-7,13H,1-5,8-12,21H2;1H. The molecule has 0 aromatic heterocycles. The molecule has 1 fully saturated rings. The number of carbonyl (C=O) groups excluding carboxylic acids is 2. The average Bonchev–Trinajstić information content (AvgIpc) is 2.61. The lowest BCUT2D eigenvalue weighted by atomic mass is 10.1. The Kier molecular flexibility index (Phi) is 10.3. The number of nitrogens with two attached hydrogens (primary N) is 1. The highest BCUT2D eigenvalue weighted by molar-refractivity contribution is 6.36. The predicted octanol–water partition coefficient (Wildman–Crippen LogP) is 3.61. The van der Waals surface area contributed by atoms with E-state index in [-0.39, 0.29) is 24.2 Å². The molecule has 146 valence electrons. The third-order valence-electron chi connectivity index (χ3n) is 4.43. The Morgan fingerprint density at radius 3 is 2.19 bits per heavy atom. The first-order valence-corrected chi connectivity index (χ1v) is 9.50. The monoisotopic (exact) mass is 421 g/mol. The number of halogens is 3. The lowest BCUT2D eigenvalue weighted by Crippen LogP contribution is -2.50. The molecule has 0 aliphatic carbocycles. The number of hydrogen-bond acceptors (Lipinski definition) is 3. The van der Waals surface area contributed by atoms with E-state index >= 15 is 0 Å². The summed E-state index contributed by atoms with van der Waals surface area (Å²) in [6, 6.07) is 4.87. The van der Waals surface area contributed by atoms with Gasteiger partial charge in [-0.05, 0) is 37.6 Å². The molecule has 8 heteroatoms. The first kappa shape index (κ1) is 23.0. The van der Waals surface area contributed by atoms with Crippen LogP contribution in [0.15, 0.2) is 18.2 Å². The Bertz CT molecular complexity index is 605. The highest BCUT2D eigenvalue weighted by Gasteiger charge is 2.25. The fourth-order valence-electron chi connectivity index (χ4n) is 2.92. The molecule has 0 atom stereocenters. The first-order chi connectivity index (χ1) is 12.0. The third kappa shape index (κ3) is 6.62. The van der Waals surface area contributed by atoms with Crippen LogP contribution in [0.5, 0.6) is 0 Å². The Morgan fingerprint density at radius 2 is 1.58 bits per heavy atom. The second-order valence-corrected chi connectivity index (χ2v) is 7.09. The van der Waals surface area contributed by atoms with Gasteiger partial charge < -0.3 is 15.5 Å². The summed E-state index contributed by atoms with van der Waals surface area (Å²) in [6.07, 6.45) is 4.60. The van der Waals surface area contributed by atoms with E-state index in [4.69, 9.17) is 28.9 Å². The molecule has 1 aliphatic rings. The van der Waals surface area contributed by atoms with Gasteiger partial charge in [-0.3, -0.25) is 9.59 Å². The molecular weight excluding hydrogens is 397 g/mol. The number of carbonyl (C=O) groups is 2. The van der Waals surface area contributed by atoms with E-state index < -0.39 is 0 Å². The second kappa shape index (κ2) is 11.7. The van der Waals surface area contributed by atoms with Gasteiger partial charge in [-0.15, -0.1) is 12.4 Å². The van der Waals surface area contributed by atoms with E-state index in [1.807, 2.05) is 4.90 Å². The summed E-state index contributed by atoms with van der Waals surface area (Å²) < 4.78 is 0. The molecule has 0 bridgehead atoms. The molecule has 0 saturated carbocycles. The van der Waals surface area contributed by atoms with Gasteiger partial charge in [0.1, 0.15) is 0 Å². The number of rotatable bonds is 7. The Hall–Kier alpha value is -1.01. The van der Waals surface area contributed by atoms with Crippen LogP contribution < -0.4 is 5.73 Å². The SMILES string of the molecule is Cl.NCCCCCCC(=O)N1CCN(C(=O)c2ccc(Cl)cc2Cl)CC1. The van der Waals surface area contributed by atoms with Gasteiger partial charge in [-0.25, -0.2) is 0 Å². The molecule has 0 spiro atoms. The number of unbranched alkanes of at least 4 members (excludes halogenated alkanes) is 3. The molecule has 5 nitrogen and oxygen atoms in total. The number of piperazine rings is 1. The fraction of sp³-hybridized carbons (Fsp3) is 0.556. The number of amides is 2. The maximum Gasteiger partial charge on any atom is 0.255 e. The molecule has 1 saturated heterocycles. The van der Waals surface area contributed by atoms with Gasteiger partial charge in [0.15, 0.2) is 0 Å². The summed E-state index contributed by atoms with van der Waals surface area (Å²) in [5.74, 6) is 0.0555. The fourth-order valence-corrected chi connectivity index (χ4v) is 3.41. The minimum Gasteiger partial charge on any atom is -0.339 e. The van der Waals surface area contributed by atoms with E-state index in [1.165, 1.54) is 0 Å². The summed E-state index contributed by atoms with van der Waals surface area (Å²) in [5.41, 5.74) is 5.91. The van der Waals surface area contributed by atoms with Gasteiger partial charge in [0, 0.05) is 37.6 Å². The van der Waals surface area contributed by atoms with Crippen molar-refractivity contribution in [3.8, 4) is 0 Å². The van der Waals surface area contributed by atoms with Crippen molar-refractivity contribution >= 4 is 47.4 Å². The smallest absolute Gasteiger partial charge is 0.255 e. The Morgan fingerprint density at radius 1 is 0.962 bits per heavy atom. The summed E-state index contributed by atoms with van der Waals surface area (Å²) in [6.45, 7) is 2.89. The highest BCUT2D eigenvalue weighted by atomic mass is 35.5. The van der Waals surface area contributed by atoms with Crippen molar-refractivity contribution in [2.45, 2.75) is 32.1 Å². The van der Waals surface area contributed by atoms with E-state index in [9.17, 15) is 9.59 Å². The molecule has 2 rings (SSSR count). The van der Waals surface area contributed by atoms with Crippen LogP contribution in [0.2, 0.25) is 10.0 Å². The van der Waals surface area contributed by atoms with Crippen molar-refractivity contribution in [1.29, 1.82) is 0 Å². The summed E-state index contributed by atoms with van der Waals surface area (Å²) in [4.78, 5) is 28.4. The molecule has 2 N–H and O–H groups in total. The van der Waals surface area contributed by atoms with Gasteiger partial charge >= 0.3 is 0 Å². The Balaban J connectivity index is 0.00000338. The maximum atomic E-state index is 12.6. The van der Waals surface area contributed by atoms with Gasteiger partial charge in [-0.1, -0.05) is 36.0 Å². The normalized spacial score (nSPS) is 14.1. The van der Waals surface area contributed by atoms with Crippen molar-refractivity contribution in [3.63, 3.8) is 0 Å². The molecule has 1 aromatic carbocycles. The van der Waals surface area contributed by atoms with Crippen LogP contribution in [0.4, 0.5) is 0 Å². The minimum absolute atomic E-state index is 0. The lowest BCUT2D eigenvalue weighted by molar-refractivity contribution is -0.132. The topological polar surface area (TPSA) is 66.6 Å². The van der Waals surface area contributed by atoms with Gasteiger partial charge in [0.2, 0.25) is 5.91 Å². The van der Waals surface area contributed by atoms with E-state index in [2.05, 4.69) is 0 Å². The maximum absolute atomic E-state index is 12.6. The van der Waals surface area contributed by atoms with Crippen LogP contribution in [0.1, 0.15) is 42.5 Å². The van der Waals surface area contributed by atoms with Crippen LogP contribution in [0.3, 0.4) is 0 Å². The summed E-state index contributed by atoms with van der Waals surface area (Å²) in [7, 11) is 0.